The molecule has 0 amide bonds. The summed E-state index contributed by atoms with van der Waals surface area (Å²) in [6, 6.07) is 6.59. The number of hydrogen-bond donors (Lipinski definition) is 2. The topological polar surface area (TPSA) is 112 Å². The smallest absolute Gasteiger partial charge is 0.199 e. The number of unbranched alkanes of at least 4 members (excludes halogenated alkanes) is 6. The van der Waals surface area contributed by atoms with E-state index in [1.54, 1.807) is 24.3 Å². The third-order valence-corrected chi connectivity index (χ3v) is 8.07. The lowest BCUT2D eigenvalue weighted by molar-refractivity contribution is -0.106. The number of phenolic OH excluding ortho intramolecular Hbond substituents is 2. The fourth-order valence-electron chi connectivity index (χ4n) is 5.44. The molecule has 2 aliphatic rings. The molecule has 0 bridgehead atoms. The van der Waals surface area contributed by atoms with Crippen molar-refractivity contribution in [3.8, 4) is 23.0 Å². The van der Waals surface area contributed by atoms with Gasteiger partial charge in [-0.3, -0.25) is 9.59 Å². The summed E-state index contributed by atoms with van der Waals surface area (Å²) in [6.45, 7) is 5.80. The van der Waals surface area contributed by atoms with Crippen molar-refractivity contribution in [2.75, 3.05) is 13.2 Å². The van der Waals surface area contributed by atoms with Crippen LogP contribution in [0.2, 0.25) is 0 Å². The maximum Gasteiger partial charge on any atom is 0.199 e. The molecule has 2 unspecified atom stereocenters. The van der Waals surface area contributed by atoms with Crippen LogP contribution in [0.4, 0.5) is 0 Å². The maximum absolute atomic E-state index is 11.0. The number of ether oxygens (including phenoxy) is 4. The van der Waals surface area contributed by atoms with Crippen LogP contribution < -0.4 is 9.47 Å². The summed E-state index contributed by atoms with van der Waals surface area (Å²) in [5, 5.41) is 19.8. The van der Waals surface area contributed by atoms with Crippen molar-refractivity contribution in [3.63, 3.8) is 0 Å². The summed E-state index contributed by atoms with van der Waals surface area (Å²) in [5.41, 5.74) is 2.60. The van der Waals surface area contributed by atoms with Gasteiger partial charge in [0.2, 0.25) is 0 Å². The highest BCUT2D eigenvalue weighted by Gasteiger charge is 2.20. The molecule has 2 N–H and O–H groups in total. The predicted molar refractivity (Wildman–Crippen MR) is 171 cm³/mol. The molecule has 44 heavy (non-hydrogen) atoms. The first-order valence-corrected chi connectivity index (χ1v) is 16.7. The van der Waals surface area contributed by atoms with Crippen LogP contribution in [0.25, 0.3) is 0 Å². The lowest BCUT2D eigenvalue weighted by atomic mass is 10.0. The molecule has 2 atom stereocenters. The molecule has 0 saturated carbocycles. The molecule has 2 heterocycles. The van der Waals surface area contributed by atoms with E-state index >= 15 is 0 Å². The van der Waals surface area contributed by atoms with E-state index in [1.807, 2.05) is 0 Å². The van der Waals surface area contributed by atoms with Gasteiger partial charge in [-0.2, -0.15) is 0 Å². The van der Waals surface area contributed by atoms with Gasteiger partial charge in [-0.05, 0) is 74.6 Å². The molecule has 4 rings (SSSR count). The van der Waals surface area contributed by atoms with E-state index < -0.39 is 0 Å². The quantitative estimate of drug-likeness (QED) is 0.143. The zero-order valence-electron chi connectivity index (χ0n) is 26.7. The lowest BCUT2D eigenvalue weighted by Crippen LogP contribution is -2.25. The second-order valence-electron chi connectivity index (χ2n) is 11.7. The zero-order valence-corrected chi connectivity index (χ0v) is 26.7. The number of carbonyl (C=O) groups excluding carboxylic acids is 2. The Kier molecular flexibility index (Phi) is 16.1. The van der Waals surface area contributed by atoms with Crippen LogP contribution in [0.15, 0.2) is 24.3 Å². The number of phenols is 2. The Morgan fingerprint density at radius 1 is 0.659 bits per heavy atom. The van der Waals surface area contributed by atoms with Gasteiger partial charge < -0.3 is 29.2 Å². The minimum Gasteiger partial charge on any atom is -0.507 e. The monoisotopic (exact) mass is 612 g/mol. The first kappa shape index (κ1) is 35.4. The Hall–Kier alpha value is -3.10. The van der Waals surface area contributed by atoms with Crippen LogP contribution in [-0.2, 0) is 22.3 Å². The summed E-state index contributed by atoms with van der Waals surface area (Å²) in [5.74, 6) is 1.23. The number of rotatable bonds is 16. The predicted octanol–water partition coefficient (Wildman–Crippen LogP) is 8.47. The van der Waals surface area contributed by atoms with Gasteiger partial charge in [-0.25, -0.2) is 0 Å². The summed E-state index contributed by atoms with van der Waals surface area (Å²) in [6.07, 6.45) is 17.9. The molecule has 2 fully saturated rings. The SMILES string of the molecule is CCCCCCc1cc(C=O)c(O)cc1OC1CCCCO1.CCCCCCc1cc(C=O)c(O)cc1OC1CCCCO1. The number of aldehydes is 2. The van der Waals surface area contributed by atoms with Crippen LogP contribution in [0.5, 0.6) is 23.0 Å². The first-order valence-electron chi connectivity index (χ1n) is 16.7. The number of benzene rings is 2. The Morgan fingerprint density at radius 3 is 1.43 bits per heavy atom. The van der Waals surface area contributed by atoms with Gasteiger partial charge in [-0.1, -0.05) is 52.4 Å². The molecule has 2 saturated heterocycles. The molecule has 2 aromatic rings. The van der Waals surface area contributed by atoms with Crippen molar-refractivity contribution in [1.82, 2.24) is 0 Å². The van der Waals surface area contributed by atoms with Gasteiger partial charge in [0.05, 0.1) is 24.3 Å². The highest BCUT2D eigenvalue weighted by atomic mass is 16.7. The van der Waals surface area contributed by atoms with E-state index in [4.69, 9.17) is 18.9 Å². The zero-order chi connectivity index (χ0) is 31.6. The number of hydrogen-bond acceptors (Lipinski definition) is 8. The van der Waals surface area contributed by atoms with E-state index in [0.29, 0.717) is 35.2 Å². The number of aryl methyl sites for hydroxylation is 2. The molecule has 2 aliphatic heterocycles. The van der Waals surface area contributed by atoms with Crippen LogP contribution in [-0.4, -0.2) is 48.6 Å². The second kappa shape index (κ2) is 20.0. The van der Waals surface area contributed by atoms with E-state index in [2.05, 4.69) is 13.8 Å². The third-order valence-electron chi connectivity index (χ3n) is 8.07. The van der Waals surface area contributed by atoms with Crippen LogP contribution in [0.1, 0.15) is 136 Å². The lowest BCUT2D eigenvalue weighted by Gasteiger charge is -2.25. The molecular weight excluding hydrogens is 560 g/mol. The van der Waals surface area contributed by atoms with E-state index in [-0.39, 0.29) is 24.1 Å². The van der Waals surface area contributed by atoms with Gasteiger partial charge in [0.1, 0.15) is 23.0 Å². The van der Waals surface area contributed by atoms with Gasteiger partial charge >= 0.3 is 0 Å². The molecule has 2 aromatic carbocycles. The van der Waals surface area contributed by atoms with E-state index in [9.17, 15) is 19.8 Å². The number of carbonyl (C=O) groups is 2. The van der Waals surface area contributed by atoms with E-state index in [1.165, 1.54) is 25.7 Å². The largest absolute Gasteiger partial charge is 0.507 e. The minimum absolute atomic E-state index is 0.0295. The van der Waals surface area contributed by atoms with Gasteiger partial charge in [0.25, 0.3) is 0 Å². The molecule has 0 aliphatic carbocycles. The molecule has 244 valence electrons. The summed E-state index contributed by atoms with van der Waals surface area (Å²) in [4.78, 5) is 22.1. The Labute approximate surface area is 263 Å². The maximum atomic E-state index is 11.0. The van der Waals surface area contributed by atoms with Gasteiger partial charge in [0, 0.05) is 25.0 Å². The highest BCUT2D eigenvalue weighted by Crippen LogP contribution is 2.32. The normalized spacial score (nSPS) is 18.1. The average molecular weight is 613 g/mol. The number of aromatic hydroxyl groups is 2. The van der Waals surface area contributed by atoms with Crippen molar-refractivity contribution < 1.29 is 38.7 Å². The van der Waals surface area contributed by atoms with Crippen molar-refractivity contribution in [2.24, 2.45) is 0 Å². The Bertz CT molecular complexity index is 1050. The second-order valence-corrected chi connectivity index (χ2v) is 11.7. The standard InChI is InChI=1S/2C18H26O4/c2*1-2-3-4-5-8-14-11-15(13-19)16(20)12-17(14)22-18-9-6-7-10-21-18/h2*11-13,18,20H,2-10H2,1H3. The first-order chi connectivity index (χ1) is 21.5. The van der Waals surface area contributed by atoms with Crippen molar-refractivity contribution >= 4 is 12.6 Å². The fourth-order valence-corrected chi connectivity index (χ4v) is 5.44. The van der Waals surface area contributed by atoms with Crippen LogP contribution in [0.3, 0.4) is 0 Å². The minimum atomic E-state index is -0.246. The molecule has 0 radical (unpaired) electrons. The summed E-state index contributed by atoms with van der Waals surface area (Å²) < 4.78 is 23.1. The van der Waals surface area contributed by atoms with Crippen LogP contribution in [0, 0.1) is 0 Å². The molecular formula is C36H52O8. The molecule has 0 spiro atoms. The van der Waals surface area contributed by atoms with Crippen LogP contribution >= 0.6 is 0 Å². The fraction of sp³-hybridized carbons (Fsp3) is 0.611. The van der Waals surface area contributed by atoms with Crippen molar-refractivity contribution in [3.05, 3.63) is 46.5 Å². The van der Waals surface area contributed by atoms with Gasteiger partial charge in [-0.15, -0.1) is 0 Å². The Morgan fingerprint density at radius 2 is 1.09 bits per heavy atom. The highest BCUT2D eigenvalue weighted by molar-refractivity contribution is 5.80. The Balaban J connectivity index is 0.000000240. The average Bonchev–Trinajstić information content (AvgIpc) is 3.04. The van der Waals surface area contributed by atoms with E-state index in [0.717, 1.165) is 101 Å². The molecule has 8 nitrogen and oxygen atoms in total. The summed E-state index contributed by atoms with van der Waals surface area (Å²) >= 11 is 0. The van der Waals surface area contributed by atoms with Crippen molar-refractivity contribution in [1.29, 1.82) is 0 Å². The van der Waals surface area contributed by atoms with Crippen molar-refractivity contribution in [2.45, 2.75) is 129 Å². The van der Waals surface area contributed by atoms with Gasteiger partial charge in [0.15, 0.2) is 25.2 Å². The third kappa shape index (κ3) is 11.8. The molecule has 0 aromatic heterocycles. The molecule has 8 heteroatoms. The summed E-state index contributed by atoms with van der Waals surface area (Å²) in [7, 11) is 0.